The molecule has 0 saturated heterocycles. The average molecular weight is 342 g/mol. The average Bonchev–Trinajstić information content (AvgIpc) is 2.89. The van der Waals surface area contributed by atoms with Gasteiger partial charge in [0.2, 0.25) is 5.78 Å². The van der Waals surface area contributed by atoms with Crippen LogP contribution in [-0.4, -0.2) is 26.7 Å². The van der Waals surface area contributed by atoms with E-state index >= 15 is 0 Å². The summed E-state index contributed by atoms with van der Waals surface area (Å²) in [5, 5.41) is 0. The first-order chi connectivity index (χ1) is 10.3. The molecule has 0 bridgehead atoms. The van der Waals surface area contributed by atoms with Crippen molar-refractivity contribution >= 4 is 34.7 Å². The van der Waals surface area contributed by atoms with Crippen molar-refractivity contribution in [3.05, 3.63) is 58.8 Å². The Labute approximate surface area is 137 Å². The highest BCUT2D eigenvalue weighted by molar-refractivity contribution is 6.59. The van der Waals surface area contributed by atoms with Crippen LogP contribution >= 0.6 is 23.2 Å². The molecule has 1 aromatic carbocycles. The third-order valence-corrected chi connectivity index (χ3v) is 3.43. The van der Waals surface area contributed by atoms with Crippen LogP contribution in [0.4, 0.5) is 5.69 Å². The Kier molecular flexibility index (Phi) is 4.88. The van der Waals surface area contributed by atoms with Crippen molar-refractivity contribution in [2.45, 2.75) is 17.8 Å². The van der Waals surface area contributed by atoms with E-state index in [1.807, 2.05) is 30.3 Å². The van der Waals surface area contributed by atoms with Gasteiger partial charge < -0.3 is 4.57 Å². The summed E-state index contributed by atoms with van der Waals surface area (Å²) >= 11 is 11.8. The molecule has 0 aliphatic heterocycles. The summed E-state index contributed by atoms with van der Waals surface area (Å²) in [6.45, 7) is 1.80. The van der Waals surface area contributed by atoms with Gasteiger partial charge in [-0.1, -0.05) is 53.5 Å². The van der Waals surface area contributed by atoms with E-state index in [1.165, 1.54) is 26.3 Å². The van der Waals surface area contributed by atoms with Gasteiger partial charge in [0.1, 0.15) is 0 Å². The van der Waals surface area contributed by atoms with E-state index in [-0.39, 0.29) is 11.4 Å². The molecule has 0 aliphatic rings. The van der Waals surface area contributed by atoms with Crippen molar-refractivity contribution in [3.8, 4) is 0 Å². The number of Topliss-reactive ketones (excluding diaryl/α,β-unsaturated/α-hetero) is 1. The molecule has 116 valence electrons. The minimum Gasteiger partial charge on any atom is -0.334 e. The monoisotopic (exact) mass is 341 g/mol. The second-order valence-corrected chi connectivity index (χ2v) is 6.56. The number of aromatic nitrogens is 1. The Morgan fingerprint density at radius 2 is 1.95 bits per heavy atom. The van der Waals surface area contributed by atoms with E-state index in [1.54, 1.807) is 4.57 Å². The SMILES string of the molecule is CO[N+](=O)c1cc(C(=O)C(C)(Cl)Cl)n(Cc2ccccc2)c1. The van der Waals surface area contributed by atoms with Gasteiger partial charge in [-0.15, -0.1) is 0 Å². The predicted molar refractivity (Wildman–Crippen MR) is 84.7 cm³/mol. The van der Waals surface area contributed by atoms with Gasteiger partial charge in [0.25, 0.3) is 4.92 Å². The molecule has 0 spiro atoms. The van der Waals surface area contributed by atoms with Crippen LogP contribution < -0.4 is 0 Å². The van der Waals surface area contributed by atoms with E-state index in [2.05, 4.69) is 4.84 Å². The maximum atomic E-state index is 12.4. The molecule has 0 aliphatic carbocycles. The smallest absolute Gasteiger partial charge is 0.334 e. The molecule has 1 aromatic heterocycles. The van der Waals surface area contributed by atoms with E-state index in [4.69, 9.17) is 23.2 Å². The lowest BCUT2D eigenvalue weighted by molar-refractivity contribution is -0.736. The van der Waals surface area contributed by atoms with E-state index in [9.17, 15) is 9.70 Å². The number of carbonyl (C=O) groups is 1. The lowest BCUT2D eigenvalue weighted by Crippen LogP contribution is -2.24. The van der Waals surface area contributed by atoms with Crippen molar-refractivity contribution in [1.29, 1.82) is 0 Å². The fourth-order valence-corrected chi connectivity index (χ4v) is 2.22. The molecular formula is C15H15Cl2N2O3+. The lowest BCUT2D eigenvalue weighted by Gasteiger charge is -2.14. The standard InChI is InChI=1S/C15H15Cl2N2O3/c1-15(16,17)14(20)13-8-12(19(21)22-2)10-18(13)9-11-6-4-3-5-7-11/h3-8,10H,9H2,1-2H3/q+1. The van der Waals surface area contributed by atoms with Gasteiger partial charge in [0.15, 0.2) is 11.4 Å². The zero-order chi connectivity index (χ0) is 16.3. The summed E-state index contributed by atoms with van der Waals surface area (Å²) in [7, 11) is 1.25. The Morgan fingerprint density at radius 3 is 2.50 bits per heavy atom. The number of hydrogen-bond donors (Lipinski definition) is 0. The van der Waals surface area contributed by atoms with Crippen LogP contribution in [0.25, 0.3) is 0 Å². The number of benzene rings is 1. The number of alkyl halides is 2. The van der Waals surface area contributed by atoms with Crippen LogP contribution in [0.15, 0.2) is 42.6 Å². The van der Waals surface area contributed by atoms with Crippen molar-refractivity contribution < 1.29 is 14.6 Å². The van der Waals surface area contributed by atoms with Crippen LogP contribution in [0.1, 0.15) is 23.0 Å². The molecule has 2 rings (SSSR count). The minimum atomic E-state index is -1.58. The van der Waals surface area contributed by atoms with Crippen LogP contribution in [0.2, 0.25) is 0 Å². The number of rotatable bonds is 6. The third-order valence-electron chi connectivity index (χ3n) is 3.09. The van der Waals surface area contributed by atoms with Gasteiger partial charge in [-0.2, -0.15) is 0 Å². The maximum absolute atomic E-state index is 12.4. The molecule has 0 amide bonds. The molecule has 7 heteroatoms. The molecule has 0 radical (unpaired) electrons. The summed E-state index contributed by atoms with van der Waals surface area (Å²) in [5.41, 5.74) is 1.41. The molecule has 22 heavy (non-hydrogen) atoms. The minimum absolute atomic E-state index is 0.194. The molecule has 1 heterocycles. The normalized spacial score (nSPS) is 11.3. The fourth-order valence-electron chi connectivity index (χ4n) is 2.03. The molecule has 0 unspecified atom stereocenters. The summed E-state index contributed by atoms with van der Waals surface area (Å²) in [6.07, 6.45) is 1.52. The molecular weight excluding hydrogens is 327 g/mol. The number of hydrogen-bond acceptors (Lipinski definition) is 3. The summed E-state index contributed by atoms with van der Waals surface area (Å²) in [5.74, 6) is -0.484. The second-order valence-electron chi connectivity index (χ2n) is 4.85. The fraction of sp³-hybridized carbons (Fsp3) is 0.267. The summed E-state index contributed by atoms with van der Waals surface area (Å²) < 4.78 is 0.0464. The Morgan fingerprint density at radius 1 is 1.32 bits per heavy atom. The molecule has 0 atom stereocenters. The quantitative estimate of drug-likeness (QED) is 0.455. The molecule has 2 aromatic rings. The topological polar surface area (TPSA) is 51.3 Å². The Bertz CT molecular complexity index is 691. The number of carbonyl (C=O) groups excluding carboxylic acids is 1. The van der Waals surface area contributed by atoms with Crippen LogP contribution in [-0.2, 0) is 11.4 Å². The highest BCUT2D eigenvalue weighted by Crippen LogP contribution is 2.28. The van der Waals surface area contributed by atoms with Crippen LogP contribution in [0.3, 0.4) is 0 Å². The van der Waals surface area contributed by atoms with Gasteiger partial charge in [0, 0.05) is 12.6 Å². The Hall–Kier alpha value is -1.85. The van der Waals surface area contributed by atoms with Crippen molar-refractivity contribution in [1.82, 2.24) is 4.57 Å². The van der Waals surface area contributed by atoms with Gasteiger partial charge in [-0.05, 0) is 12.5 Å². The maximum Gasteiger partial charge on any atom is 0.334 e. The predicted octanol–water partition coefficient (Wildman–Crippen LogP) is 3.88. The zero-order valence-corrected chi connectivity index (χ0v) is 13.6. The first kappa shape index (κ1) is 16.5. The molecule has 5 nitrogen and oxygen atoms in total. The lowest BCUT2D eigenvalue weighted by atomic mass is 10.2. The van der Waals surface area contributed by atoms with E-state index < -0.39 is 10.1 Å². The van der Waals surface area contributed by atoms with Gasteiger partial charge in [0.05, 0.1) is 16.8 Å². The number of ketones is 1. The van der Waals surface area contributed by atoms with Crippen molar-refractivity contribution in [2.24, 2.45) is 0 Å². The highest BCUT2D eigenvalue weighted by Gasteiger charge is 2.33. The van der Waals surface area contributed by atoms with Gasteiger partial charge >= 0.3 is 5.69 Å². The first-order valence-corrected chi connectivity index (χ1v) is 7.26. The summed E-state index contributed by atoms with van der Waals surface area (Å²) in [4.78, 5) is 28.9. The third kappa shape index (κ3) is 3.67. The highest BCUT2D eigenvalue weighted by atomic mass is 35.5. The Balaban J connectivity index is 2.44. The van der Waals surface area contributed by atoms with Crippen molar-refractivity contribution in [3.63, 3.8) is 0 Å². The number of nitrogens with zero attached hydrogens (tertiary/aromatic N) is 2. The largest absolute Gasteiger partial charge is 0.334 e. The first-order valence-electron chi connectivity index (χ1n) is 6.51. The number of halogens is 2. The molecule has 0 N–H and O–H groups in total. The second kappa shape index (κ2) is 6.50. The molecule has 0 saturated carbocycles. The van der Waals surface area contributed by atoms with E-state index in [0.29, 0.717) is 11.5 Å². The van der Waals surface area contributed by atoms with Crippen LogP contribution in [0, 0.1) is 4.91 Å². The molecule has 0 fully saturated rings. The van der Waals surface area contributed by atoms with E-state index in [0.717, 1.165) is 5.56 Å². The van der Waals surface area contributed by atoms with Gasteiger partial charge in [-0.25, -0.2) is 4.84 Å². The van der Waals surface area contributed by atoms with Crippen molar-refractivity contribution in [2.75, 3.05) is 7.11 Å². The van der Waals surface area contributed by atoms with Crippen LogP contribution in [0.5, 0.6) is 0 Å². The van der Waals surface area contributed by atoms with Gasteiger partial charge in [-0.3, -0.25) is 4.79 Å². The summed E-state index contributed by atoms with van der Waals surface area (Å²) in [6, 6.07) is 10.9. The zero-order valence-electron chi connectivity index (χ0n) is 12.1.